The van der Waals surface area contributed by atoms with Gasteiger partial charge in [-0.2, -0.15) is 0 Å². The summed E-state index contributed by atoms with van der Waals surface area (Å²) in [4.78, 5) is 20.5. The van der Waals surface area contributed by atoms with Crippen LogP contribution in [0.1, 0.15) is 10.4 Å². The topological polar surface area (TPSA) is 77.3 Å². The molecule has 0 N–H and O–H groups in total. The minimum absolute atomic E-state index is 0.166. The van der Waals surface area contributed by atoms with Gasteiger partial charge in [0.25, 0.3) is 5.69 Å². The van der Waals surface area contributed by atoms with Crippen LogP contribution in [-0.4, -0.2) is 21.7 Å². The second-order valence-electron chi connectivity index (χ2n) is 2.55. The van der Waals surface area contributed by atoms with E-state index in [1.165, 1.54) is 18.4 Å². The standard InChI is InChI=1S/C8H7NO4S/c1-14(13)8-4-7(9(11)12)3-2-6(8)5-10/h2-5H,1H3. The summed E-state index contributed by atoms with van der Waals surface area (Å²) in [6, 6.07) is 3.65. The van der Waals surface area contributed by atoms with Gasteiger partial charge >= 0.3 is 0 Å². The van der Waals surface area contributed by atoms with Crippen molar-refractivity contribution >= 4 is 22.8 Å². The molecule has 0 spiro atoms. The van der Waals surface area contributed by atoms with Crippen LogP contribution in [0.2, 0.25) is 0 Å². The first-order valence-electron chi connectivity index (χ1n) is 3.63. The number of nitrogens with zero attached hydrogens (tertiary/aromatic N) is 1. The molecule has 1 atom stereocenters. The highest BCUT2D eigenvalue weighted by Gasteiger charge is 2.12. The van der Waals surface area contributed by atoms with Gasteiger partial charge in [0.1, 0.15) is 0 Å². The lowest BCUT2D eigenvalue weighted by molar-refractivity contribution is -0.385. The van der Waals surface area contributed by atoms with Crippen LogP contribution < -0.4 is 0 Å². The molecular weight excluding hydrogens is 206 g/mol. The number of non-ortho nitro benzene ring substituents is 1. The van der Waals surface area contributed by atoms with Gasteiger partial charge in [-0.15, -0.1) is 0 Å². The number of nitro benzene ring substituents is 1. The van der Waals surface area contributed by atoms with Gasteiger partial charge in [-0.25, -0.2) is 0 Å². The van der Waals surface area contributed by atoms with Gasteiger partial charge in [-0.3, -0.25) is 19.1 Å². The number of carbonyl (C=O) groups is 1. The lowest BCUT2D eigenvalue weighted by atomic mass is 10.2. The second kappa shape index (κ2) is 4.10. The summed E-state index contributed by atoms with van der Waals surface area (Å²) >= 11 is 0. The SMILES string of the molecule is CS(=O)c1cc([N+](=O)[O-])ccc1C=O. The van der Waals surface area contributed by atoms with Gasteiger partial charge in [0.15, 0.2) is 6.29 Å². The van der Waals surface area contributed by atoms with Crippen LogP contribution in [0.3, 0.4) is 0 Å². The summed E-state index contributed by atoms with van der Waals surface area (Å²) in [7, 11) is -1.40. The van der Waals surface area contributed by atoms with Crippen molar-refractivity contribution in [3.63, 3.8) is 0 Å². The van der Waals surface area contributed by atoms with E-state index in [-0.39, 0.29) is 16.1 Å². The summed E-state index contributed by atoms with van der Waals surface area (Å²) < 4.78 is 11.1. The first kappa shape index (κ1) is 10.5. The molecule has 74 valence electrons. The Labute approximate surface area is 82.4 Å². The predicted molar refractivity (Wildman–Crippen MR) is 50.8 cm³/mol. The highest BCUT2D eigenvalue weighted by molar-refractivity contribution is 7.84. The van der Waals surface area contributed by atoms with Gasteiger partial charge in [0.05, 0.1) is 20.6 Å². The first-order chi connectivity index (χ1) is 6.56. The number of carbonyl (C=O) groups excluding carboxylic acids is 1. The van der Waals surface area contributed by atoms with E-state index < -0.39 is 15.7 Å². The molecule has 1 aromatic rings. The molecule has 5 nitrogen and oxygen atoms in total. The smallest absolute Gasteiger partial charge is 0.270 e. The molecule has 1 unspecified atom stereocenters. The molecule has 6 heteroatoms. The van der Waals surface area contributed by atoms with E-state index in [1.807, 2.05) is 0 Å². The summed E-state index contributed by atoms with van der Waals surface area (Å²) in [5.74, 6) is 0. The fraction of sp³-hybridized carbons (Fsp3) is 0.125. The number of aldehydes is 1. The van der Waals surface area contributed by atoms with Crippen LogP contribution in [0.5, 0.6) is 0 Å². The Balaban J connectivity index is 3.34. The molecule has 1 aromatic carbocycles. The molecule has 0 radical (unpaired) electrons. The summed E-state index contributed by atoms with van der Waals surface area (Å²) in [6.07, 6.45) is 1.90. The van der Waals surface area contributed by atoms with Crippen molar-refractivity contribution in [1.82, 2.24) is 0 Å². The molecule has 0 aliphatic carbocycles. The van der Waals surface area contributed by atoms with Crippen molar-refractivity contribution in [3.05, 3.63) is 33.9 Å². The molecule has 0 bridgehead atoms. The van der Waals surface area contributed by atoms with Crippen LogP contribution in [0, 0.1) is 10.1 Å². The molecule has 0 aromatic heterocycles. The fourth-order valence-corrected chi connectivity index (χ4v) is 1.72. The molecule has 1 rings (SSSR count). The Bertz CT molecular complexity index is 416. The van der Waals surface area contributed by atoms with Crippen molar-refractivity contribution in [2.75, 3.05) is 6.26 Å². The van der Waals surface area contributed by atoms with Crippen LogP contribution >= 0.6 is 0 Å². The normalized spacial score (nSPS) is 12.1. The number of benzene rings is 1. The first-order valence-corrected chi connectivity index (χ1v) is 5.19. The van der Waals surface area contributed by atoms with Crippen LogP contribution in [0.4, 0.5) is 5.69 Å². The maximum Gasteiger partial charge on any atom is 0.270 e. The number of hydrogen-bond donors (Lipinski definition) is 0. The molecular formula is C8H7NO4S. The predicted octanol–water partition coefficient (Wildman–Crippen LogP) is 1.14. The monoisotopic (exact) mass is 213 g/mol. The molecule has 0 amide bonds. The quantitative estimate of drug-likeness (QED) is 0.428. The second-order valence-corrected chi connectivity index (χ2v) is 3.90. The third-order valence-electron chi connectivity index (χ3n) is 1.64. The van der Waals surface area contributed by atoms with Crippen LogP contribution in [0.25, 0.3) is 0 Å². The Morgan fingerprint density at radius 2 is 2.14 bits per heavy atom. The minimum Gasteiger partial charge on any atom is -0.298 e. The largest absolute Gasteiger partial charge is 0.298 e. The summed E-state index contributed by atoms with van der Waals surface area (Å²) in [6.45, 7) is 0. The number of rotatable bonds is 3. The third-order valence-corrected chi connectivity index (χ3v) is 2.62. The van der Waals surface area contributed by atoms with Crippen molar-refractivity contribution in [2.24, 2.45) is 0 Å². The molecule has 0 saturated heterocycles. The van der Waals surface area contributed by atoms with Gasteiger partial charge in [-0.1, -0.05) is 0 Å². The highest BCUT2D eigenvalue weighted by atomic mass is 32.2. The number of hydrogen-bond acceptors (Lipinski definition) is 4. The zero-order valence-electron chi connectivity index (χ0n) is 7.30. The van der Waals surface area contributed by atoms with Crippen molar-refractivity contribution < 1.29 is 13.9 Å². The Morgan fingerprint density at radius 3 is 2.57 bits per heavy atom. The van der Waals surface area contributed by atoms with Crippen molar-refractivity contribution in [3.8, 4) is 0 Å². The van der Waals surface area contributed by atoms with Crippen LogP contribution in [-0.2, 0) is 10.8 Å². The Morgan fingerprint density at radius 1 is 1.50 bits per heavy atom. The Hall–Kier alpha value is -1.56. The summed E-state index contributed by atoms with van der Waals surface area (Å²) in [5.41, 5.74) is 0.0530. The maximum absolute atomic E-state index is 11.1. The van der Waals surface area contributed by atoms with Gasteiger partial charge < -0.3 is 0 Å². The minimum atomic E-state index is -1.40. The lowest BCUT2D eigenvalue weighted by Gasteiger charge is -1.99. The van der Waals surface area contributed by atoms with E-state index in [0.717, 1.165) is 6.07 Å². The zero-order chi connectivity index (χ0) is 10.7. The fourth-order valence-electron chi connectivity index (χ4n) is 0.983. The molecule has 0 aliphatic rings. The molecule has 0 saturated carbocycles. The maximum atomic E-state index is 11.1. The van der Waals surface area contributed by atoms with Crippen LogP contribution in [0.15, 0.2) is 23.1 Å². The molecule has 0 fully saturated rings. The average Bonchev–Trinajstić information content (AvgIpc) is 2.16. The van der Waals surface area contributed by atoms with E-state index >= 15 is 0 Å². The highest BCUT2D eigenvalue weighted by Crippen LogP contribution is 2.18. The van der Waals surface area contributed by atoms with E-state index in [4.69, 9.17) is 0 Å². The van der Waals surface area contributed by atoms with E-state index in [1.54, 1.807) is 0 Å². The molecule has 0 aliphatic heterocycles. The molecule has 14 heavy (non-hydrogen) atoms. The third kappa shape index (κ3) is 2.02. The molecule has 0 heterocycles. The zero-order valence-corrected chi connectivity index (χ0v) is 8.11. The van der Waals surface area contributed by atoms with E-state index in [9.17, 15) is 19.1 Å². The summed E-state index contributed by atoms with van der Waals surface area (Å²) in [5, 5.41) is 10.4. The Kier molecular flexibility index (Phi) is 3.08. The van der Waals surface area contributed by atoms with Crippen molar-refractivity contribution in [1.29, 1.82) is 0 Å². The average molecular weight is 213 g/mol. The lowest BCUT2D eigenvalue weighted by Crippen LogP contribution is -1.97. The van der Waals surface area contributed by atoms with Crippen molar-refractivity contribution in [2.45, 2.75) is 4.90 Å². The van der Waals surface area contributed by atoms with Gasteiger partial charge in [0.2, 0.25) is 0 Å². The number of nitro groups is 1. The van der Waals surface area contributed by atoms with E-state index in [2.05, 4.69) is 0 Å². The van der Waals surface area contributed by atoms with Gasteiger partial charge in [-0.05, 0) is 6.07 Å². The van der Waals surface area contributed by atoms with Gasteiger partial charge in [0, 0.05) is 24.0 Å². The van der Waals surface area contributed by atoms with E-state index in [0.29, 0.717) is 6.29 Å².